The predicted molar refractivity (Wildman–Crippen MR) is 105 cm³/mol. The van der Waals surface area contributed by atoms with Crippen LogP contribution >= 0.6 is 0 Å². The average Bonchev–Trinajstić information content (AvgIpc) is 2.62. The lowest BCUT2D eigenvalue weighted by molar-refractivity contribution is 0.287. The van der Waals surface area contributed by atoms with Gasteiger partial charge in [0.2, 0.25) is 20.0 Å². The van der Waals surface area contributed by atoms with Gasteiger partial charge in [-0.2, -0.15) is 8.61 Å². The maximum absolute atomic E-state index is 13.1. The fourth-order valence-electron chi connectivity index (χ4n) is 3.76. The minimum absolute atomic E-state index is 0.0756. The highest BCUT2D eigenvalue weighted by atomic mass is 32.2. The molecule has 0 N–H and O–H groups in total. The SMILES string of the molecule is Cc1ccc(S(=O)(=O)N2CCC(C)CC2)cc1S(=O)(=O)N1CCC(C)CC1. The topological polar surface area (TPSA) is 74.8 Å². The molecular formula is C19H30N2O4S2. The van der Waals surface area contributed by atoms with Crippen molar-refractivity contribution in [3.8, 4) is 0 Å². The van der Waals surface area contributed by atoms with Crippen molar-refractivity contribution in [2.75, 3.05) is 26.2 Å². The summed E-state index contributed by atoms with van der Waals surface area (Å²) in [5.74, 6) is 1.04. The maximum atomic E-state index is 13.1. The summed E-state index contributed by atoms with van der Waals surface area (Å²) in [6.45, 7) is 7.93. The first-order chi connectivity index (χ1) is 12.6. The number of sulfonamides is 2. The van der Waals surface area contributed by atoms with E-state index >= 15 is 0 Å². The summed E-state index contributed by atoms with van der Waals surface area (Å²) in [5.41, 5.74) is 0.583. The lowest BCUT2D eigenvalue weighted by Gasteiger charge is -2.31. The molecule has 0 aromatic heterocycles. The highest BCUT2D eigenvalue weighted by Gasteiger charge is 2.32. The number of hydrogen-bond acceptors (Lipinski definition) is 4. The molecule has 6 nitrogen and oxygen atoms in total. The fraction of sp³-hybridized carbons (Fsp3) is 0.684. The summed E-state index contributed by atoms with van der Waals surface area (Å²) >= 11 is 0. The third-order valence-corrected chi connectivity index (χ3v) is 9.84. The third-order valence-electron chi connectivity index (χ3n) is 5.90. The molecular weight excluding hydrogens is 384 g/mol. The van der Waals surface area contributed by atoms with Crippen LogP contribution in [-0.2, 0) is 20.0 Å². The molecule has 0 spiro atoms. The van der Waals surface area contributed by atoms with Gasteiger partial charge in [-0.3, -0.25) is 0 Å². The van der Waals surface area contributed by atoms with Crippen LogP contribution in [0.25, 0.3) is 0 Å². The van der Waals surface area contributed by atoms with Gasteiger partial charge in [0.05, 0.1) is 9.79 Å². The molecule has 2 aliphatic rings. The van der Waals surface area contributed by atoms with Crippen LogP contribution in [0, 0.1) is 18.8 Å². The molecule has 0 amide bonds. The van der Waals surface area contributed by atoms with E-state index in [-0.39, 0.29) is 9.79 Å². The van der Waals surface area contributed by atoms with E-state index in [2.05, 4.69) is 13.8 Å². The van der Waals surface area contributed by atoms with E-state index in [1.807, 2.05) is 0 Å². The van der Waals surface area contributed by atoms with Gasteiger partial charge in [0.1, 0.15) is 0 Å². The Labute approximate surface area is 163 Å². The van der Waals surface area contributed by atoms with Gasteiger partial charge in [0.15, 0.2) is 0 Å². The van der Waals surface area contributed by atoms with Crippen LogP contribution in [0.2, 0.25) is 0 Å². The quantitative estimate of drug-likeness (QED) is 0.759. The summed E-state index contributed by atoms with van der Waals surface area (Å²) in [5, 5.41) is 0. The van der Waals surface area contributed by atoms with E-state index in [1.54, 1.807) is 13.0 Å². The maximum Gasteiger partial charge on any atom is 0.243 e. The standard InChI is InChI=1S/C19H30N2O4S2/c1-15-6-10-20(11-7-15)26(22,23)18-5-4-17(3)19(14-18)27(24,25)21-12-8-16(2)9-13-21/h4-5,14-16H,6-13H2,1-3H3. The first-order valence-corrected chi connectivity index (χ1v) is 12.6. The van der Waals surface area contributed by atoms with Gasteiger partial charge in [-0.05, 0) is 62.1 Å². The zero-order chi connectivity index (χ0) is 19.8. The van der Waals surface area contributed by atoms with E-state index in [1.165, 1.54) is 20.7 Å². The molecule has 1 aromatic rings. The summed E-state index contributed by atoms with van der Waals surface area (Å²) in [7, 11) is -7.36. The van der Waals surface area contributed by atoms with Crippen molar-refractivity contribution in [1.82, 2.24) is 8.61 Å². The van der Waals surface area contributed by atoms with Crippen molar-refractivity contribution < 1.29 is 16.8 Å². The van der Waals surface area contributed by atoms with E-state index in [0.717, 1.165) is 25.7 Å². The average molecular weight is 415 g/mol. The lowest BCUT2D eigenvalue weighted by Crippen LogP contribution is -2.39. The second-order valence-corrected chi connectivity index (χ2v) is 11.9. The Morgan fingerprint density at radius 2 is 1.22 bits per heavy atom. The van der Waals surface area contributed by atoms with Crippen molar-refractivity contribution >= 4 is 20.0 Å². The number of piperidine rings is 2. The summed E-state index contributed by atoms with van der Waals surface area (Å²) in [4.78, 5) is 0.190. The molecule has 27 heavy (non-hydrogen) atoms. The van der Waals surface area contributed by atoms with Crippen LogP contribution in [0.15, 0.2) is 28.0 Å². The first-order valence-electron chi connectivity index (χ1n) is 9.73. The Kier molecular flexibility index (Phi) is 6.01. The number of benzene rings is 1. The molecule has 0 radical (unpaired) electrons. The molecule has 3 rings (SSSR count). The Bertz CT molecular complexity index is 880. The molecule has 2 saturated heterocycles. The van der Waals surface area contributed by atoms with Crippen LogP contribution in [-0.4, -0.2) is 51.6 Å². The number of rotatable bonds is 4. The highest BCUT2D eigenvalue weighted by Crippen LogP contribution is 2.29. The number of hydrogen-bond donors (Lipinski definition) is 0. The van der Waals surface area contributed by atoms with E-state index in [9.17, 15) is 16.8 Å². The molecule has 0 aliphatic carbocycles. The van der Waals surface area contributed by atoms with Crippen LogP contribution in [0.5, 0.6) is 0 Å². The second kappa shape index (κ2) is 7.81. The Morgan fingerprint density at radius 1 is 0.778 bits per heavy atom. The molecule has 0 atom stereocenters. The van der Waals surface area contributed by atoms with Gasteiger partial charge >= 0.3 is 0 Å². The van der Waals surface area contributed by atoms with Crippen molar-refractivity contribution in [3.05, 3.63) is 23.8 Å². The molecule has 2 fully saturated rings. The smallest absolute Gasteiger partial charge is 0.207 e. The zero-order valence-electron chi connectivity index (χ0n) is 16.4. The number of nitrogens with zero attached hydrogens (tertiary/aromatic N) is 2. The molecule has 0 saturated carbocycles. The fourth-order valence-corrected chi connectivity index (χ4v) is 7.05. The highest BCUT2D eigenvalue weighted by molar-refractivity contribution is 7.90. The van der Waals surface area contributed by atoms with Crippen molar-refractivity contribution in [3.63, 3.8) is 0 Å². The van der Waals surface area contributed by atoms with Crippen molar-refractivity contribution in [1.29, 1.82) is 0 Å². The number of aryl methyl sites for hydroxylation is 1. The minimum atomic E-state index is -3.69. The molecule has 152 valence electrons. The summed E-state index contributed by atoms with van der Waals surface area (Å²) in [6, 6.07) is 4.50. The molecule has 2 aliphatic heterocycles. The van der Waals surface area contributed by atoms with Crippen molar-refractivity contribution in [2.45, 2.75) is 56.2 Å². The largest absolute Gasteiger partial charge is 0.243 e. The zero-order valence-corrected chi connectivity index (χ0v) is 18.0. The van der Waals surface area contributed by atoms with Crippen LogP contribution in [0.3, 0.4) is 0 Å². The first kappa shape index (κ1) is 20.8. The van der Waals surface area contributed by atoms with Gasteiger partial charge in [0.25, 0.3) is 0 Å². The van der Waals surface area contributed by atoms with Gasteiger partial charge in [0, 0.05) is 26.2 Å². The van der Waals surface area contributed by atoms with E-state index < -0.39 is 20.0 Å². The van der Waals surface area contributed by atoms with Gasteiger partial charge < -0.3 is 0 Å². The predicted octanol–water partition coefficient (Wildman–Crippen LogP) is 2.84. The molecule has 0 unspecified atom stereocenters. The third kappa shape index (κ3) is 4.23. The Hall–Kier alpha value is -0.960. The second-order valence-electron chi connectivity index (χ2n) is 8.10. The Balaban J connectivity index is 1.92. The summed E-state index contributed by atoms with van der Waals surface area (Å²) < 4.78 is 55.3. The molecule has 0 bridgehead atoms. The van der Waals surface area contributed by atoms with Gasteiger partial charge in [-0.1, -0.05) is 19.9 Å². The molecule has 1 aromatic carbocycles. The van der Waals surface area contributed by atoms with Crippen LogP contribution in [0.4, 0.5) is 0 Å². The normalized spacial score (nSPS) is 22.2. The Morgan fingerprint density at radius 3 is 1.70 bits per heavy atom. The van der Waals surface area contributed by atoms with Crippen molar-refractivity contribution in [2.24, 2.45) is 11.8 Å². The summed E-state index contributed by atoms with van der Waals surface area (Å²) in [6.07, 6.45) is 3.34. The molecule has 8 heteroatoms. The van der Waals surface area contributed by atoms with E-state index in [0.29, 0.717) is 43.6 Å². The van der Waals surface area contributed by atoms with Crippen LogP contribution in [0.1, 0.15) is 45.1 Å². The lowest BCUT2D eigenvalue weighted by atomic mass is 10.0. The van der Waals surface area contributed by atoms with Crippen LogP contribution < -0.4 is 0 Å². The molecule has 2 heterocycles. The van der Waals surface area contributed by atoms with Gasteiger partial charge in [-0.25, -0.2) is 16.8 Å². The monoisotopic (exact) mass is 414 g/mol. The minimum Gasteiger partial charge on any atom is -0.207 e. The van der Waals surface area contributed by atoms with E-state index in [4.69, 9.17) is 0 Å². The van der Waals surface area contributed by atoms with Gasteiger partial charge in [-0.15, -0.1) is 0 Å².